The van der Waals surface area contributed by atoms with E-state index < -0.39 is 6.10 Å². The van der Waals surface area contributed by atoms with Crippen LogP contribution >= 0.6 is 11.3 Å². The van der Waals surface area contributed by atoms with Gasteiger partial charge >= 0.3 is 5.97 Å². The molecule has 0 aliphatic carbocycles. The molecule has 0 saturated heterocycles. The third kappa shape index (κ3) is 2.80. The van der Waals surface area contributed by atoms with Crippen molar-refractivity contribution in [2.24, 2.45) is 5.73 Å². The van der Waals surface area contributed by atoms with E-state index in [4.69, 9.17) is 5.73 Å². The number of hydrogen-bond donors (Lipinski definition) is 2. The molecule has 1 heterocycles. The van der Waals surface area contributed by atoms with Gasteiger partial charge in [0.05, 0.1) is 18.8 Å². The summed E-state index contributed by atoms with van der Waals surface area (Å²) in [6, 6.07) is 1.72. The molecule has 0 bridgehead atoms. The largest absolute Gasteiger partial charge is 0.465 e. The number of rotatable bonds is 4. The zero-order chi connectivity index (χ0) is 10.6. The summed E-state index contributed by atoms with van der Waals surface area (Å²) in [6.07, 6.45) is -0.0582. The van der Waals surface area contributed by atoms with Crippen molar-refractivity contribution in [1.29, 1.82) is 0 Å². The van der Waals surface area contributed by atoms with Gasteiger partial charge in [-0.15, -0.1) is 11.3 Å². The smallest absolute Gasteiger partial charge is 0.338 e. The highest BCUT2D eigenvalue weighted by Gasteiger charge is 2.10. The Labute approximate surface area is 86.3 Å². The minimum Gasteiger partial charge on any atom is -0.465 e. The molecular formula is C9H13NO3S. The van der Waals surface area contributed by atoms with E-state index in [1.165, 1.54) is 18.4 Å². The second-order valence-corrected chi connectivity index (χ2v) is 3.88. The highest BCUT2D eigenvalue weighted by atomic mass is 32.1. The molecule has 0 aliphatic rings. The average Bonchev–Trinajstić information content (AvgIpc) is 2.65. The number of methoxy groups -OCH3 is 1. The maximum absolute atomic E-state index is 11.1. The van der Waals surface area contributed by atoms with Gasteiger partial charge in [-0.25, -0.2) is 4.79 Å². The van der Waals surface area contributed by atoms with Gasteiger partial charge in [-0.05, 0) is 6.07 Å². The maximum Gasteiger partial charge on any atom is 0.338 e. The second-order valence-electron chi connectivity index (χ2n) is 2.89. The molecular weight excluding hydrogens is 202 g/mol. The van der Waals surface area contributed by atoms with Crippen LogP contribution in [-0.4, -0.2) is 30.8 Å². The van der Waals surface area contributed by atoms with Gasteiger partial charge in [0.25, 0.3) is 0 Å². The molecule has 5 heteroatoms. The highest BCUT2D eigenvalue weighted by molar-refractivity contribution is 7.10. The van der Waals surface area contributed by atoms with Gasteiger partial charge in [-0.3, -0.25) is 0 Å². The lowest BCUT2D eigenvalue weighted by Gasteiger charge is -2.03. The number of esters is 1. The molecule has 1 atom stereocenters. The Morgan fingerprint density at radius 3 is 3.07 bits per heavy atom. The average molecular weight is 215 g/mol. The molecule has 78 valence electrons. The van der Waals surface area contributed by atoms with Crippen LogP contribution in [-0.2, 0) is 11.2 Å². The zero-order valence-corrected chi connectivity index (χ0v) is 8.71. The molecule has 1 rings (SSSR count). The van der Waals surface area contributed by atoms with Crippen molar-refractivity contribution >= 4 is 17.3 Å². The van der Waals surface area contributed by atoms with Crippen LogP contribution in [0.15, 0.2) is 11.4 Å². The molecule has 1 aromatic heterocycles. The van der Waals surface area contributed by atoms with Crippen LogP contribution < -0.4 is 5.73 Å². The van der Waals surface area contributed by atoms with Gasteiger partial charge in [0, 0.05) is 23.2 Å². The summed E-state index contributed by atoms with van der Waals surface area (Å²) in [6.45, 7) is 0.228. The van der Waals surface area contributed by atoms with Gasteiger partial charge in [0.15, 0.2) is 0 Å². The Balaban J connectivity index is 2.63. The van der Waals surface area contributed by atoms with Crippen molar-refractivity contribution in [1.82, 2.24) is 0 Å². The van der Waals surface area contributed by atoms with Crippen LogP contribution in [0, 0.1) is 0 Å². The molecule has 3 N–H and O–H groups in total. The van der Waals surface area contributed by atoms with E-state index in [9.17, 15) is 9.90 Å². The van der Waals surface area contributed by atoms with E-state index in [1.54, 1.807) is 11.4 Å². The van der Waals surface area contributed by atoms with Crippen LogP contribution in [0.2, 0.25) is 0 Å². The Morgan fingerprint density at radius 1 is 1.79 bits per heavy atom. The first kappa shape index (κ1) is 11.2. The van der Waals surface area contributed by atoms with Crippen LogP contribution in [0.1, 0.15) is 15.2 Å². The molecule has 1 unspecified atom stereocenters. The molecule has 1 aromatic rings. The summed E-state index contributed by atoms with van der Waals surface area (Å²) in [5.41, 5.74) is 5.80. The van der Waals surface area contributed by atoms with Crippen LogP contribution in [0.5, 0.6) is 0 Å². The maximum atomic E-state index is 11.1. The summed E-state index contributed by atoms with van der Waals surface area (Å²) in [7, 11) is 1.34. The Kier molecular flexibility index (Phi) is 4.06. The molecule has 0 radical (unpaired) electrons. The normalized spacial score (nSPS) is 12.5. The molecule has 4 nitrogen and oxygen atoms in total. The summed E-state index contributed by atoms with van der Waals surface area (Å²) in [5.74, 6) is -0.352. The van der Waals surface area contributed by atoms with Crippen molar-refractivity contribution < 1.29 is 14.6 Å². The first-order valence-corrected chi connectivity index (χ1v) is 5.09. The zero-order valence-electron chi connectivity index (χ0n) is 7.90. The fourth-order valence-electron chi connectivity index (χ4n) is 1.03. The van der Waals surface area contributed by atoms with Gasteiger partial charge in [0.2, 0.25) is 0 Å². The van der Waals surface area contributed by atoms with E-state index in [0.29, 0.717) is 12.0 Å². The SMILES string of the molecule is COC(=O)c1csc(CC(O)CN)c1. The minimum atomic E-state index is -0.542. The highest BCUT2D eigenvalue weighted by Crippen LogP contribution is 2.17. The molecule has 0 aliphatic heterocycles. The molecule has 0 spiro atoms. The molecule has 14 heavy (non-hydrogen) atoms. The number of hydrogen-bond acceptors (Lipinski definition) is 5. The first-order valence-electron chi connectivity index (χ1n) is 4.21. The van der Waals surface area contributed by atoms with Gasteiger partial charge < -0.3 is 15.6 Å². The topological polar surface area (TPSA) is 72.5 Å². The second kappa shape index (κ2) is 5.09. The third-order valence-electron chi connectivity index (χ3n) is 1.78. The number of nitrogens with two attached hydrogens (primary N) is 1. The van der Waals surface area contributed by atoms with E-state index in [1.807, 2.05) is 0 Å². The summed E-state index contributed by atoms with van der Waals surface area (Å²) >= 11 is 1.42. The van der Waals surface area contributed by atoms with E-state index >= 15 is 0 Å². The molecule has 0 saturated carbocycles. The Morgan fingerprint density at radius 2 is 2.50 bits per heavy atom. The Bertz CT molecular complexity index is 311. The van der Waals surface area contributed by atoms with E-state index in [-0.39, 0.29) is 12.5 Å². The van der Waals surface area contributed by atoms with Crippen LogP contribution in [0.4, 0.5) is 0 Å². The van der Waals surface area contributed by atoms with Gasteiger partial charge in [-0.2, -0.15) is 0 Å². The van der Waals surface area contributed by atoms with Crippen LogP contribution in [0.3, 0.4) is 0 Å². The lowest BCUT2D eigenvalue weighted by Crippen LogP contribution is -2.21. The third-order valence-corrected chi connectivity index (χ3v) is 2.74. The molecule has 0 amide bonds. The summed E-state index contributed by atoms with van der Waals surface area (Å²) in [5, 5.41) is 11.0. The molecule has 0 aromatic carbocycles. The standard InChI is InChI=1S/C9H13NO3S/c1-13-9(12)6-2-8(14-5-6)3-7(11)4-10/h2,5,7,11H,3-4,10H2,1H3. The van der Waals surface area contributed by atoms with E-state index in [2.05, 4.69) is 4.74 Å². The monoisotopic (exact) mass is 215 g/mol. The lowest BCUT2D eigenvalue weighted by molar-refractivity contribution is 0.0601. The number of carbonyl (C=O) groups is 1. The summed E-state index contributed by atoms with van der Waals surface area (Å²) < 4.78 is 4.56. The first-order chi connectivity index (χ1) is 6.67. The van der Waals surface area contributed by atoms with Gasteiger partial charge in [0.1, 0.15) is 0 Å². The quantitative estimate of drug-likeness (QED) is 0.713. The minimum absolute atomic E-state index is 0.228. The van der Waals surface area contributed by atoms with Crippen molar-refractivity contribution in [2.45, 2.75) is 12.5 Å². The number of aliphatic hydroxyl groups excluding tert-OH is 1. The van der Waals surface area contributed by atoms with Crippen molar-refractivity contribution in [3.05, 3.63) is 21.9 Å². The Hall–Kier alpha value is -0.910. The fourth-order valence-corrected chi connectivity index (χ4v) is 1.95. The summed E-state index contributed by atoms with van der Waals surface area (Å²) in [4.78, 5) is 12.0. The predicted octanol–water partition coefficient (Wildman–Crippen LogP) is 0.397. The van der Waals surface area contributed by atoms with Crippen molar-refractivity contribution in [3.8, 4) is 0 Å². The van der Waals surface area contributed by atoms with E-state index in [0.717, 1.165) is 4.88 Å². The predicted molar refractivity (Wildman–Crippen MR) is 54.4 cm³/mol. The number of thiophene rings is 1. The number of ether oxygens (including phenoxy) is 1. The number of carbonyl (C=O) groups excluding carboxylic acids is 1. The van der Waals surface area contributed by atoms with Gasteiger partial charge in [-0.1, -0.05) is 0 Å². The fraction of sp³-hybridized carbons (Fsp3) is 0.444. The number of aliphatic hydroxyl groups is 1. The lowest BCUT2D eigenvalue weighted by atomic mass is 10.2. The molecule has 0 fully saturated rings. The van der Waals surface area contributed by atoms with Crippen molar-refractivity contribution in [3.63, 3.8) is 0 Å². The van der Waals surface area contributed by atoms with Crippen LogP contribution in [0.25, 0.3) is 0 Å². The van der Waals surface area contributed by atoms with Crippen molar-refractivity contribution in [2.75, 3.05) is 13.7 Å².